The van der Waals surface area contributed by atoms with Gasteiger partial charge in [0.1, 0.15) is 23.5 Å². The number of pyridine rings is 1. The number of imidazole rings is 1. The SMILES string of the molecule is CCOCCC(C)(C)OC(=O)Nc1nc2ccccc2c2c1nc(COCC)n2CC(C)(C)O. The molecule has 3 aromatic rings. The molecular weight excluding hydrogens is 436 g/mol. The second-order valence-electron chi connectivity index (χ2n) is 9.46. The van der Waals surface area contributed by atoms with E-state index in [1.807, 2.05) is 56.5 Å². The molecule has 0 bridgehead atoms. The first-order chi connectivity index (χ1) is 16.0. The van der Waals surface area contributed by atoms with Gasteiger partial charge < -0.3 is 23.9 Å². The molecule has 0 aliphatic carbocycles. The van der Waals surface area contributed by atoms with E-state index in [0.29, 0.717) is 55.5 Å². The molecule has 0 radical (unpaired) electrons. The number of aromatic nitrogens is 3. The predicted molar refractivity (Wildman–Crippen MR) is 132 cm³/mol. The molecule has 1 aromatic carbocycles. The summed E-state index contributed by atoms with van der Waals surface area (Å²) in [6, 6.07) is 7.64. The molecule has 186 valence electrons. The molecule has 2 heterocycles. The summed E-state index contributed by atoms with van der Waals surface area (Å²) in [5.41, 5.74) is 0.280. The monoisotopic (exact) mass is 472 g/mol. The van der Waals surface area contributed by atoms with E-state index in [0.717, 1.165) is 10.9 Å². The normalized spacial score (nSPS) is 12.4. The third-order valence-corrected chi connectivity index (χ3v) is 5.28. The van der Waals surface area contributed by atoms with Crippen molar-refractivity contribution in [3.63, 3.8) is 0 Å². The maximum absolute atomic E-state index is 12.8. The Labute approximate surface area is 200 Å². The number of carbonyl (C=O) groups excluding carboxylic acids is 1. The number of hydrogen-bond donors (Lipinski definition) is 2. The van der Waals surface area contributed by atoms with Gasteiger partial charge in [0.05, 0.1) is 29.8 Å². The van der Waals surface area contributed by atoms with Gasteiger partial charge >= 0.3 is 6.09 Å². The van der Waals surface area contributed by atoms with Gasteiger partial charge in [-0.05, 0) is 47.6 Å². The van der Waals surface area contributed by atoms with Crippen LogP contribution in [0.1, 0.15) is 53.8 Å². The van der Waals surface area contributed by atoms with Crippen molar-refractivity contribution in [2.45, 2.75) is 72.3 Å². The van der Waals surface area contributed by atoms with E-state index < -0.39 is 17.3 Å². The number of para-hydroxylation sites is 1. The number of rotatable bonds is 11. The molecule has 0 unspecified atom stereocenters. The lowest BCUT2D eigenvalue weighted by molar-refractivity contribution is 0.0161. The van der Waals surface area contributed by atoms with Crippen molar-refractivity contribution in [3.05, 3.63) is 30.1 Å². The first kappa shape index (κ1) is 25.9. The van der Waals surface area contributed by atoms with Crippen LogP contribution in [-0.4, -0.2) is 56.8 Å². The van der Waals surface area contributed by atoms with Crippen molar-refractivity contribution in [1.29, 1.82) is 0 Å². The van der Waals surface area contributed by atoms with Gasteiger partial charge in [0.15, 0.2) is 5.82 Å². The summed E-state index contributed by atoms with van der Waals surface area (Å²) in [4.78, 5) is 22.3. The van der Waals surface area contributed by atoms with Gasteiger partial charge in [-0.25, -0.2) is 14.8 Å². The van der Waals surface area contributed by atoms with Gasteiger partial charge in [-0.2, -0.15) is 0 Å². The van der Waals surface area contributed by atoms with E-state index >= 15 is 0 Å². The minimum Gasteiger partial charge on any atom is -0.443 e. The summed E-state index contributed by atoms with van der Waals surface area (Å²) in [5, 5.41) is 14.3. The maximum Gasteiger partial charge on any atom is 0.413 e. The minimum absolute atomic E-state index is 0.268. The fourth-order valence-corrected chi connectivity index (χ4v) is 3.72. The first-order valence-corrected chi connectivity index (χ1v) is 11.7. The molecule has 34 heavy (non-hydrogen) atoms. The van der Waals surface area contributed by atoms with Crippen LogP contribution < -0.4 is 5.32 Å². The molecule has 0 atom stereocenters. The van der Waals surface area contributed by atoms with Crippen molar-refractivity contribution in [2.75, 3.05) is 25.1 Å². The van der Waals surface area contributed by atoms with Crippen LogP contribution in [0.2, 0.25) is 0 Å². The zero-order valence-electron chi connectivity index (χ0n) is 21.0. The molecule has 0 aliphatic heterocycles. The first-order valence-electron chi connectivity index (χ1n) is 11.7. The molecule has 3 rings (SSSR count). The average Bonchev–Trinajstić information content (AvgIpc) is 3.09. The van der Waals surface area contributed by atoms with Crippen LogP contribution in [0.15, 0.2) is 24.3 Å². The zero-order valence-corrected chi connectivity index (χ0v) is 21.0. The number of nitrogens with one attached hydrogen (secondary N) is 1. The van der Waals surface area contributed by atoms with Gasteiger partial charge in [-0.15, -0.1) is 0 Å². The summed E-state index contributed by atoms with van der Waals surface area (Å²) in [6.45, 7) is 13.2. The van der Waals surface area contributed by atoms with Crippen LogP contribution in [0.5, 0.6) is 0 Å². The van der Waals surface area contributed by atoms with Crippen molar-refractivity contribution in [1.82, 2.24) is 14.5 Å². The van der Waals surface area contributed by atoms with Crippen molar-refractivity contribution >= 4 is 33.8 Å². The summed E-state index contributed by atoms with van der Waals surface area (Å²) in [7, 11) is 0. The summed E-state index contributed by atoms with van der Waals surface area (Å²) < 4.78 is 18.6. The Balaban J connectivity index is 2.05. The molecule has 9 heteroatoms. The van der Waals surface area contributed by atoms with Crippen LogP contribution in [-0.2, 0) is 27.4 Å². The molecule has 9 nitrogen and oxygen atoms in total. The Bertz CT molecular complexity index is 1130. The van der Waals surface area contributed by atoms with E-state index in [9.17, 15) is 9.90 Å². The highest BCUT2D eigenvalue weighted by Gasteiger charge is 2.26. The van der Waals surface area contributed by atoms with Crippen molar-refractivity contribution in [2.24, 2.45) is 0 Å². The van der Waals surface area contributed by atoms with Crippen LogP contribution >= 0.6 is 0 Å². The minimum atomic E-state index is -0.990. The highest BCUT2D eigenvalue weighted by atomic mass is 16.6. The number of nitrogens with zero attached hydrogens (tertiary/aromatic N) is 3. The lowest BCUT2D eigenvalue weighted by Gasteiger charge is -2.25. The fraction of sp³-hybridized carbons (Fsp3) is 0.560. The molecule has 1 amide bonds. The lowest BCUT2D eigenvalue weighted by Crippen LogP contribution is -2.32. The average molecular weight is 473 g/mol. The number of anilines is 1. The molecule has 0 aliphatic rings. The lowest BCUT2D eigenvalue weighted by atomic mass is 10.1. The van der Waals surface area contributed by atoms with E-state index in [1.54, 1.807) is 13.8 Å². The second-order valence-corrected chi connectivity index (χ2v) is 9.46. The van der Waals surface area contributed by atoms with Gasteiger partial charge in [0, 0.05) is 25.0 Å². The van der Waals surface area contributed by atoms with E-state index in [-0.39, 0.29) is 6.61 Å². The quantitative estimate of drug-likeness (QED) is 0.391. The van der Waals surface area contributed by atoms with Crippen molar-refractivity contribution < 1.29 is 24.1 Å². The smallest absolute Gasteiger partial charge is 0.413 e. The summed E-state index contributed by atoms with van der Waals surface area (Å²) >= 11 is 0. The highest BCUT2D eigenvalue weighted by molar-refractivity contribution is 6.09. The van der Waals surface area contributed by atoms with Crippen LogP contribution in [0.3, 0.4) is 0 Å². The maximum atomic E-state index is 12.8. The number of carbonyl (C=O) groups is 1. The molecular formula is C25H36N4O5. The molecule has 2 N–H and O–H groups in total. The molecule has 0 saturated carbocycles. The summed E-state index contributed by atoms with van der Waals surface area (Å²) in [6.07, 6.45) is -0.0537. The van der Waals surface area contributed by atoms with Gasteiger partial charge in [0.25, 0.3) is 0 Å². The number of hydrogen-bond acceptors (Lipinski definition) is 7. The second kappa shape index (κ2) is 10.7. The third kappa shape index (κ3) is 6.43. The number of benzene rings is 1. The number of aliphatic hydroxyl groups is 1. The fourth-order valence-electron chi connectivity index (χ4n) is 3.72. The number of fused-ring (bicyclic) bond motifs is 3. The van der Waals surface area contributed by atoms with Crippen LogP contribution in [0, 0.1) is 0 Å². The number of ether oxygens (including phenoxy) is 3. The van der Waals surface area contributed by atoms with Crippen LogP contribution in [0.25, 0.3) is 21.9 Å². The van der Waals surface area contributed by atoms with E-state index in [4.69, 9.17) is 19.2 Å². The van der Waals surface area contributed by atoms with E-state index in [1.165, 1.54) is 0 Å². The van der Waals surface area contributed by atoms with Crippen LogP contribution in [0.4, 0.5) is 10.6 Å². The Morgan fingerprint density at radius 2 is 1.79 bits per heavy atom. The molecule has 0 fully saturated rings. The van der Waals surface area contributed by atoms with Crippen molar-refractivity contribution in [3.8, 4) is 0 Å². The standard InChI is InChI=1S/C25H36N4O5/c1-7-32-14-13-25(5,6)34-23(30)28-22-20-21(17-11-9-10-12-18(17)26-22)29(16-24(3,4)31)19(27-20)15-33-8-2/h9-12,31H,7-8,13-16H2,1-6H3,(H,26,28,30). The van der Waals surface area contributed by atoms with Gasteiger partial charge in [0.2, 0.25) is 0 Å². The van der Waals surface area contributed by atoms with Gasteiger partial charge in [-0.1, -0.05) is 18.2 Å². The van der Waals surface area contributed by atoms with Gasteiger partial charge in [-0.3, -0.25) is 5.32 Å². The third-order valence-electron chi connectivity index (χ3n) is 5.28. The number of amides is 1. The Morgan fingerprint density at radius 1 is 1.09 bits per heavy atom. The highest BCUT2D eigenvalue weighted by Crippen LogP contribution is 2.32. The Hall–Kier alpha value is -2.75. The molecule has 0 spiro atoms. The Kier molecular flexibility index (Phi) is 8.12. The zero-order chi connectivity index (χ0) is 24.9. The topological polar surface area (TPSA) is 108 Å². The predicted octanol–water partition coefficient (Wildman–Crippen LogP) is 4.65. The summed E-state index contributed by atoms with van der Waals surface area (Å²) in [5.74, 6) is 0.942. The Morgan fingerprint density at radius 3 is 2.47 bits per heavy atom. The molecule has 0 saturated heterocycles. The molecule has 2 aromatic heterocycles. The van der Waals surface area contributed by atoms with E-state index in [2.05, 4.69) is 10.3 Å². The largest absolute Gasteiger partial charge is 0.443 e.